The molecule has 172 valence electrons. The standard InChI is InChI=1S/C36H22O/c1-2-9-24(10-3-1)27-18-20-33-35-29(27)12-6-14-31(35)32-15-7-13-30-28(19-21-34(37-33)36(30)32)26-17-16-23-8-4-5-11-25(23)22-26/h1-22H. The van der Waals surface area contributed by atoms with Gasteiger partial charge in [0.1, 0.15) is 11.2 Å². The zero-order valence-corrected chi connectivity index (χ0v) is 20.1. The van der Waals surface area contributed by atoms with Crippen LogP contribution in [0, 0.1) is 0 Å². The third-order valence-electron chi connectivity index (χ3n) is 7.66. The van der Waals surface area contributed by atoms with Gasteiger partial charge in [-0.3, -0.25) is 0 Å². The molecule has 1 heterocycles. The topological polar surface area (TPSA) is 13.1 Å². The Balaban J connectivity index is 1.49. The van der Waals surface area contributed by atoms with E-state index in [2.05, 4.69) is 133 Å². The first-order chi connectivity index (χ1) is 18.3. The van der Waals surface area contributed by atoms with Crippen molar-refractivity contribution in [3.63, 3.8) is 0 Å². The summed E-state index contributed by atoms with van der Waals surface area (Å²) in [7, 11) is 0. The van der Waals surface area contributed by atoms with Crippen LogP contribution < -0.4 is 0 Å². The Bertz CT molecular complexity index is 2130. The first-order valence-corrected chi connectivity index (χ1v) is 12.7. The van der Waals surface area contributed by atoms with Crippen LogP contribution in [-0.4, -0.2) is 0 Å². The number of hydrogen-bond acceptors (Lipinski definition) is 1. The summed E-state index contributed by atoms with van der Waals surface area (Å²) in [6, 6.07) is 47.8. The molecule has 0 saturated heterocycles. The number of hydrogen-bond donors (Lipinski definition) is 0. The summed E-state index contributed by atoms with van der Waals surface area (Å²) >= 11 is 0. The van der Waals surface area contributed by atoms with Crippen LogP contribution in [0.25, 0.3) is 76.5 Å². The van der Waals surface area contributed by atoms with Crippen LogP contribution in [0.5, 0.6) is 0 Å². The van der Waals surface area contributed by atoms with Gasteiger partial charge < -0.3 is 4.42 Å². The predicted octanol–water partition coefficient (Wildman–Crippen LogP) is 10.4. The predicted molar refractivity (Wildman–Crippen MR) is 157 cm³/mol. The molecule has 0 saturated carbocycles. The Kier molecular flexibility index (Phi) is 4.29. The number of fused-ring (bicyclic) bond motifs is 2. The van der Waals surface area contributed by atoms with E-state index in [4.69, 9.17) is 4.42 Å². The second-order valence-corrected chi connectivity index (χ2v) is 9.71. The van der Waals surface area contributed by atoms with Gasteiger partial charge in [-0.25, -0.2) is 0 Å². The Morgan fingerprint density at radius 2 is 0.919 bits per heavy atom. The van der Waals surface area contributed by atoms with Gasteiger partial charge in [0, 0.05) is 10.8 Å². The summed E-state index contributed by atoms with van der Waals surface area (Å²) in [5.41, 5.74) is 6.68. The van der Waals surface area contributed by atoms with E-state index in [9.17, 15) is 0 Å². The lowest BCUT2D eigenvalue weighted by atomic mass is 9.92. The minimum Gasteiger partial charge on any atom is -0.456 e. The molecule has 8 rings (SSSR count). The summed E-state index contributed by atoms with van der Waals surface area (Å²) in [6.45, 7) is 0. The lowest BCUT2D eigenvalue weighted by molar-refractivity contribution is 0.664. The zero-order valence-electron chi connectivity index (χ0n) is 20.1. The molecule has 0 aliphatic carbocycles. The molecule has 0 N–H and O–H groups in total. The number of rotatable bonds is 2. The molecule has 0 atom stereocenters. The molecule has 1 nitrogen and oxygen atoms in total. The van der Waals surface area contributed by atoms with Gasteiger partial charge in [-0.15, -0.1) is 0 Å². The fourth-order valence-electron chi connectivity index (χ4n) is 5.96. The average Bonchev–Trinajstić information content (AvgIpc) is 3.10. The van der Waals surface area contributed by atoms with Crippen molar-refractivity contribution in [2.75, 3.05) is 0 Å². The Labute approximate surface area is 214 Å². The first kappa shape index (κ1) is 20.3. The van der Waals surface area contributed by atoms with Gasteiger partial charge in [0.25, 0.3) is 0 Å². The van der Waals surface area contributed by atoms with Crippen LogP contribution in [0.4, 0.5) is 0 Å². The van der Waals surface area contributed by atoms with Crippen molar-refractivity contribution in [3.8, 4) is 22.3 Å². The van der Waals surface area contributed by atoms with Crippen LogP contribution >= 0.6 is 0 Å². The van der Waals surface area contributed by atoms with Gasteiger partial charge in [-0.05, 0) is 72.8 Å². The zero-order chi connectivity index (χ0) is 24.3. The molecule has 1 heteroatoms. The molecule has 7 aromatic carbocycles. The molecule has 0 aliphatic rings. The highest BCUT2D eigenvalue weighted by atomic mass is 16.3. The van der Waals surface area contributed by atoms with Crippen LogP contribution in [0.2, 0.25) is 0 Å². The summed E-state index contributed by atoms with van der Waals surface area (Å²) < 4.78 is 6.70. The lowest BCUT2D eigenvalue weighted by Gasteiger charge is -2.10. The van der Waals surface area contributed by atoms with Crippen molar-refractivity contribution >= 4 is 54.3 Å². The molecule has 0 bridgehead atoms. The largest absolute Gasteiger partial charge is 0.456 e. The first-order valence-electron chi connectivity index (χ1n) is 12.7. The van der Waals surface area contributed by atoms with E-state index in [0.717, 1.165) is 16.6 Å². The molecule has 8 aromatic rings. The van der Waals surface area contributed by atoms with Crippen LogP contribution in [0.1, 0.15) is 0 Å². The van der Waals surface area contributed by atoms with E-state index in [1.807, 2.05) is 0 Å². The third kappa shape index (κ3) is 3.04. The fourth-order valence-corrected chi connectivity index (χ4v) is 5.96. The molecule has 0 fully saturated rings. The molecule has 0 spiro atoms. The van der Waals surface area contributed by atoms with E-state index >= 15 is 0 Å². The SMILES string of the molecule is c1ccc(-c2ccc3oc4ccc(-c5ccc6ccccc6c5)c5cccc(c6cccc2c36)c45)cc1. The summed E-state index contributed by atoms with van der Waals surface area (Å²) in [5, 5.41) is 9.68. The van der Waals surface area contributed by atoms with Gasteiger partial charge in [0.05, 0.1) is 0 Å². The Morgan fingerprint density at radius 3 is 1.59 bits per heavy atom. The van der Waals surface area contributed by atoms with Crippen LogP contribution in [0.15, 0.2) is 138 Å². The van der Waals surface area contributed by atoms with Crippen molar-refractivity contribution < 1.29 is 4.42 Å². The van der Waals surface area contributed by atoms with E-state index < -0.39 is 0 Å². The summed E-state index contributed by atoms with van der Waals surface area (Å²) in [6.07, 6.45) is 0. The van der Waals surface area contributed by atoms with Gasteiger partial charge in [-0.1, -0.05) is 115 Å². The molecule has 0 unspecified atom stereocenters. The van der Waals surface area contributed by atoms with Gasteiger partial charge in [0.2, 0.25) is 0 Å². The Morgan fingerprint density at radius 1 is 0.351 bits per heavy atom. The maximum atomic E-state index is 6.70. The lowest BCUT2D eigenvalue weighted by Crippen LogP contribution is -1.84. The highest BCUT2D eigenvalue weighted by Gasteiger charge is 2.15. The minimum absolute atomic E-state index is 0.903. The normalized spacial score (nSPS) is 11.8. The molecule has 0 aliphatic heterocycles. The van der Waals surface area contributed by atoms with Crippen molar-refractivity contribution in [1.82, 2.24) is 0 Å². The van der Waals surface area contributed by atoms with Crippen molar-refractivity contribution in [2.24, 2.45) is 0 Å². The van der Waals surface area contributed by atoms with Crippen LogP contribution in [0.3, 0.4) is 0 Å². The molecule has 1 aromatic heterocycles. The van der Waals surface area contributed by atoms with Crippen molar-refractivity contribution in [1.29, 1.82) is 0 Å². The highest BCUT2D eigenvalue weighted by molar-refractivity contribution is 6.26. The van der Waals surface area contributed by atoms with Crippen molar-refractivity contribution in [2.45, 2.75) is 0 Å². The van der Waals surface area contributed by atoms with Gasteiger partial charge >= 0.3 is 0 Å². The highest BCUT2D eigenvalue weighted by Crippen LogP contribution is 2.42. The summed E-state index contributed by atoms with van der Waals surface area (Å²) in [4.78, 5) is 0. The van der Waals surface area contributed by atoms with E-state index in [0.29, 0.717) is 0 Å². The fraction of sp³-hybridized carbons (Fsp3) is 0. The molecule has 0 amide bonds. The van der Waals surface area contributed by atoms with E-state index in [1.54, 1.807) is 0 Å². The summed E-state index contributed by atoms with van der Waals surface area (Å²) in [5.74, 6) is 0. The third-order valence-corrected chi connectivity index (χ3v) is 7.66. The van der Waals surface area contributed by atoms with Gasteiger partial charge in [-0.2, -0.15) is 0 Å². The molecule has 0 radical (unpaired) electrons. The maximum absolute atomic E-state index is 6.70. The second kappa shape index (κ2) is 7.81. The second-order valence-electron chi connectivity index (χ2n) is 9.71. The van der Waals surface area contributed by atoms with Crippen molar-refractivity contribution in [3.05, 3.63) is 133 Å². The minimum atomic E-state index is 0.903. The smallest absolute Gasteiger partial charge is 0.135 e. The molecular weight excluding hydrogens is 448 g/mol. The quantitative estimate of drug-likeness (QED) is 0.245. The number of benzene rings is 7. The Hall–Kier alpha value is -4.88. The van der Waals surface area contributed by atoms with E-state index in [1.165, 1.54) is 60.0 Å². The van der Waals surface area contributed by atoms with E-state index in [-0.39, 0.29) is 0 Å². The molecule has 37 heavy (non-hydrogen) atoms. The average molecular weight is 471 g/mol. The van der Waals surface area contributed by atoms with Gasteiger partial charge in [0.15, 0.2) is 0 Å². The molecular formula is C36H22O. The monoisotopic (exact) mass is 470 g/mol. The van der Waals surface area contributed by atoms with Crippen LogP contribution in [-0.2, 0) is 0 Å². The maximum Gasteiger partial charge on any atom is 0.135 e.